The number of phenols is 2. The third-order valence-corrected chi connectivity index (χ3v) is 4.88. The summed E-state index contributed by atoms with van der Waals surface area (Å²) in [6.45, 7) is 1.73. The number of nitrogens with zero attached hydrogens (tertiary/aromatic N) is 3. The van der Waals surface area contributed by atoms with Gasteiger partial charge in [0.15, 0.2) is 0 Å². The van der Waals surface area contributed by atoms with Crippen LogP contribution in [0.5, 0.6) is 11.5 Å². The van der Waals surface area contributed by atoms with E-state index >= 15 is 0 Å². The third kappa shape index (κ3) is 4.59. The van der Waals surface area contributed by atoms with Crippen LogP contribution in [0.4, 0.5) is 11.6 Å². The average Bonchev–Trinajstić information content (AvgIpc) is 2.61. The summed E-state index contributed by atoms with van der Waals surface area (Å²) in [6.07, 6.45) is 2.88. The number of hydrogen-bond donors (Lipinski definition) is 3. The molecule has 9 heteroatoms. The van der Waals surface area contributed by atoms with E-state index in [4.69, 9.17) is 0 Å². The second kappa shape index (κ2) is 7.42. The molecular weight excluding hydrogens is 368 g/mol. The minimum atomic E-state index is -3.82. The van der Waals surface area contributed by atoms with E-state index in [9.17, 15) is 18.6 Å². The van der Waals surface area contributed by atoms with E-state index in [-0.39, 0.29) is 22.3 Å². The highest BCUT2D eigenvalue weighted by atomic mass is 32.2. The smallest absolute Gasteiger partial charge is 0.264 e. The van der Waals surface area contributed by atoms with Gasteiger partial charge in [-0.15, -0.1) is 0 Å². The number of anilines is 1. The van der Waals surface area contributed by atoms with Gasteiger partial charge in [0.2, 0.25) is 5.95 Å². The summed E-state index contributed by atoms with van der Waals surface area (Å²) in [5, 5.41) is 19.0. The van der Waals surface area contributed by atoms with Gasteiger partial charge in [0.25, 0.3) is 10.0 Å². The standard InChI is InChI=1S/C18H16N4O4S/c1-12-8-9-19-18(21-12)22-27(25,26)16-6-3-14(4-7-16)20-11-13-2-5-15(23)10-17(13)24/h2-11,23-24H,1H3,(H,19,21,22). The summed E-state index contributed by atoms with van der Waals surface area (Å²) in [6, 6.07) is 11.7. The van der Waals surface area contributed by atoms with Crippen LogP contribution in [0.25, 0.3) is 0 Å². The van der Waals surface area contributed by atoms with E-state index in [1.165, 1.54) is 54.9 Å². The van der Waals surface area contributed by atoms with Crippen LogP contribution in [0, 0.1) is 6.92 Å². The van der Waals surface area contributed by atoms with Crippen molar-refractivity contribution in [2.75, 3.05) is 4.72 Å². The number of rotatable bonds is 5. The molecule has 0 saturated heterocycles. The first kappa shape index (κ1) is 18.3. The molecule has 0 aliphatic rings. The SMILES string of the molecule is Cc1ccnc(NS(=O)(=O)c2ccc(N=Cc3ccc(O)cc3O)cc2)n1. The molecule has 0 aliphatic heterocycles. The Morgan fingerprint density at radius 3 is 2.48 bits per heavy atom. The van der Waals surface area contributed by atoms with Crippen molar-refractivity contribution in [3.8, 4) is 11.5 Å². The van der Waals surface area contributed by atoms with Crippen LogP contribution in [0.2, 0.25) is 0 Å². The van der Waals surface area contributed by atoms with Crippen LogP contribution in [0.3, 0.4) is 0 Å². The fourth-order valence-corrected chi connectivity index (χ4v) is 3.12. The Hall–Kier alpha value is -3.46. The number of aliphatic imine (C=N–C) groups is 1. The monoisotopic (exact) mass is 384 g/mol. The molecule has 0 aliphatic carbocycles. The molecule has 0 spiro atoms. The Morgan fingerprint density at radius 1 is 1.07 bits per heavy atom. The van der Waals surface area contributed by atoms with Crippen LogP contribution in [-0.4, -0.2) is 34.8 Å². The van der Waals surface area contributed by atoms with Gasteiger partial charge >= 0.3 is 0 Å². The number of aromatic nitrogens is 2. The van der Waals surface area contributed by atoms with E-state index in [0.29, 0.717) is 16.9 Å². The number of sulfonamides is 1. The molecule has 27 heavy (non-hydrogen) atoms. The Balaban J connectivity index is 1.77. The number of nitrogens with one attached hydrogen (secondary N) is 1. The van der Waals surface area contributed by atoms with Crippen LogP contribution in [0.15, 0.2) is 64.6 Å². The van der Waals surface area contributed by atoms with Crippen molar-refractivity contribution in [1.82, 2.24) is 9.97 Å². The second-order valence-electron chi connectivity index (χ2n) is 5.62. The Morgan fingerprint density at radius 2 is 1.81 bits per heavy atom. The van der Waals surface area contributed by atoms with Gasteiger partial charge in [0.1, 0.15) is 11.5 Å². The van der Waals surface area contributed by atoms with Gasteiger partial charge in [-0.25, -0.2) is 23.1 Å². The molecule has 8 nitrogen and oxygen atoms in total. The summed E-state index contributed by atoms with van der Waals surface area (Å²) >= 11 is 0. The first-order chi connectivity index (χ1) is 12.8. The van der Waals surface area contributed by atoms with Crippen molar-refractivity contribution in [3.05, 3.63) is 66.0 Å². The molecule has 0 atom stereocenters. The summed E-state index contributed by atoms with van der Waals surface area (Å²) in [5.41, 5.74) is 1.56. The van der Waals surface area contributed by atoms with Crippen molar-refractivity contribution in [2.24, 2.45) is 4.99 Å². The minimum absolute atomic E-state index is 0.0000900. The minimum Gasteiger partial charge on any atom is -0.508 e. The van der Waals surface area contributed by atoms with E-state index in [1.807, 2.05) is 0 Å². The van der Waals surface area contributed by atoms with E-state index in [1.54, 1.807) is 13.0 Å². The lowest BCUT2D eigenvalue weighted by molar-refractivity contribution is 0.450. The van der Waals surface area contributed by atoms with Gasteiger partial charge in [0.05, 0.1) is 10.6 Å². The molecule has 0 bridgehead atoms. The first-order valence-electron chi connectivity index (χ1n) is 7.82. The maximum absolute atomic E-state index is 12.4. The third-order valence-electron chi connectivity index (χ3n) is 3.53. The van der Waals surface area contributed by atoms with Gasteiger partial charge in [-0.3, -0.25) is 4.99 Å². The summed E-state index contributed by atoms with van der Waals surface area (Å²) in [7, 11) is -3.82. The number of hydrogen-bond acceptors (Lipinski definition) is 7. The predicted molar refractivity (Wildman–Crippen MR) is 101 cm³/mol. The van der Waals surface area contributed by atoms with Crippen molar-refractivity contribution >= 4 is 27.9 Å². The number of benzene rings is 2. The van der Waals surface area contributed by atoms with Gasteiger partial charge in [-0.1, -0.05) is 0 Å². The zero-order valence-electron chi connectivity index (χ0n) is 14.2. The zero-order valence-corrected chi connectivity index (χ0v) is 15.1. The molecule has 1 aromatic heterocycles. The Bertz CT molecular complexity index is 1100. The molecule has 1 heterocycles. The van der Waals surface area contributed by atoms with Crippen LogP contribution in [0.1, 0.15) is 11.3 Å². The maximum atomic E-state index is 12.4. The van der Waals surface area contributed by atoms with Crippen molar-refractivity contribution < 1.29 is 18.6 Å². The van der Waals surface area contributed by atoms with Crippen LogP contribution < -0.4 is 4.72 Å². The lowest BCUT2D eigenvalue weighted by atomic mass is 10.2. The van der Waals surface area contributed by atoms with Crippen LogP contribution in [-0.2, 0) is 10.0 Å². The van der Waals surface area contributed by atoms with E-state index < -0.39 is 10.0 Å². The molecule has 0 unspecified atom stereocenters. The molecular formula is C18H16N4O4S. The first-order valence-corrected chi connectivity index (χ1v) is 9.30. The van der Waals surface area contributed by atoms with Gasteiger partial charge in [-0.2, -0.15) is 0 Å². The average molecular weight is 384 g/mol. The lowest BCUT2D eigenvalue weighted by Crippen LogP contribution is -2.15. The predicted octanol–water partition coefficient (Wildman–Crippen LogP) is 2.75. The van der Waals surface area contributed by atoms with Crippen LogP contribution >= 0.6 is 0 Å². The molecule has 0 radical (unpaired) electrons. The molecule has 0 fully saturated rings. The second-order valence-corrected chi connectivity index (χ2v) is 7.30. The summed E-state index contributed by atoms with van der Waals surface area (Å²) in [4.78, 5) is 12.1. The quantitative estimate of drug-likeness (QED) is 0.581. The fraction of sp³-hybridized carbons (Fsp3) is 0.0556. The molecule has 138 valence electrons. The highest BCUT2D eigenvalue weighted by molar-refractivity contribution is 7.92. The molecule has 3 aromatic rings. The number of aryl methyl sites for hydroxylation is 1. The number of phenolic OH excluding ortho intramolecular Hbond substituents is 2. The highest BCUT2D eigenvalue weighted by Crippen LogP contribution is 2.23. The molecule has 3 rings (SSSR count). The van der Waals surface area contributed by atoms with Crippen molar-refractivity contribution in [3.63, 3.8) is 0 Å². The molecule has 0 amide bonds. The Labute approximate surface area is 156 Å². The van der Waals surface area contributed by atoms with Gasteiger partial charge in [0, 0.05) is 29.7 Å². The van der Waals surface area contributed by atoms with Gasteiger partial charge in [-0.05, 0) is 49.4 Å². The van der Waals surface area contributed by atoms with Gasteiger partial charge < -0.3 is 10.2 Å². The van der Waals surface area contributed by atoms with Crippen molar-refractivity contribution in [1.29, 1.82) is 0 Å². The maximum Gasteiger partial charge on any atom is 0.264 e. The Kier molecular flexibility index (Phi) is 5.04. The van der Waals surface area contributed by atoms with E-state index in [0.717, 1.165) is 0 Å². The highest BCUT2D eigenvalue weighted by Gasteiger charge is 2.15. The van der Waals surface area contributed by atoms with Crippen molar-refractivity contribution in [2.45, 2.75) is 11.8 Å². The molecule has 3 N–H and O–H groups in total. The largest absolute Gasteiger partial charge is 0.508 e. The molecule has 0 saturated carbocycles. The van der Waals surface area contributed by atoms with E-state index in [2.05, 4.69) is 19.7 Å². The topological polar surface area (TPSA) is 125 Å². The normalized spacial score (nSPS) is 11.6. The molecule has 2 aromatic carbocycles. The number of aromatic hydroxyl groups is 2. The fourth-order valence-electron chi connectivity index (χ4n) is 2.17. The summed E-state index contributed by atoms with van der Waals surface area (Å²) < 4.78 is 27.1. The summed E-state index contributed by atoms with van der Waals surface area (Å²) in [5.74, 6) is -0.162. The lowest BCUT2D eigenvalue weighted by Gasteiger charge is -2.07. The zero-order chi connectivity index (χ0) is 19.4.